The Morgan fingerprint density at radius 3 is 2.48 bits per heavy atom. The van der Waals surface area contributed by atoms with Crippen LogP contribution in [-0.2, 0) is 4.79 Å². The van der Waals surface area contributed by atoms with Gasteiger partial charge < -0.3 is 5.01 Å². The zero-order valence-electron chi connectivity index (χ0n) is 12.3. The molecule has 0 spiro atoms. The molecule has 1 aliphatic carbocycles. The molecule has 0 N–H and O–H groups in total. The van der Waals surface area contributed by atoms with Crippen molar-refractivity contribution in [1.29, 1.82) is 0 Å². The Morgan fingerprint density at radius 1 is 1.14 bits per heavy atom. The van der Waals surface area contributed by atoms with Crippen LogP contribution in [0.3, 0.4) is 0 Å². The minimum absolute atomic E-state index is 0.0655. The molecule has 1 aliphatic rings. The van der Waals surface area contributed by atoms with E-state index in [4.69, 9.17) is 0 Å². The van der Waals surface area contributed by atoms with Crippen LogP contribution in [0.4, 0.5) is 4.39 Å². The zero-order valence-corrected chi connectivity index (χ0v) is 12.3. The highest BCUT2D eigenvalue weighted by Crippen LogP contribution is 2.26. The first-order chi connectivity index (χ1) is 10.1. The molecule has 2 rings (SSSR count). The fourth-order valence-electron chi connectivity index (χ4n) is 2.22. The second kappa shape index (κ2) is 6.97. The van der Waals surface area contributed by atoms with Crippen LogP contribution < -0.4 is 0 Å². The van der Waals surface area contributed by atoms with Crippen molar-refractivity contribution in [3.05, 3.63) is 52.9 Å². The van der Waals surface area contributed by atoms with Crippen molar-refractivity contribution in [2.75, 3.05) is 14.1 Å². The molecular formula is C17H19FN2O. The molecule has 0 amide bonds. The maximum Gasteiger partial charge on any atom is 0.185 e. The van der Waals surface area contributed by atoms with Gasteiger partial charge in [-0.05, 0) is 49.1 Å². The van der Waals surface area contributed by atoms with E-state index in [1.54, 1.807) is 29.4 Å². The van der Waals surface area contributed by atoms with Gasteiger partial charge in [0, 0.05) is 31.5 Å². The predicted octanol–water partition coefficient (Wildman–Crippen LogP) is 3.44. The van der Waals surface area contributed by atoms with Crippen LogP contribution in [0.1, 0.15) is 24.8 Å². The molecule has 0 atom stereocenters. The summed E-state index contributed by atoms with van der Waals surface area (Å²) in [5, 5.41) is 5.77. The number of allylic oxidation sites excluding steroid dienone is 3. The number of carbonyl (C=O) groups excluding carboxylic acids is 1. The van der Waals surface area contributed by atoms with E-state index in [-0.39, 0.29) is 11.6 Å². The molecule has 0 unspecified atom stereocenters. The van der Waals surface area contributed by atoms with E-state index < -0.39 is 0 Å². The van der Waals surface area contributed by atoms with Gasteiger partial charge in [-0.15, -0.1) is 0 Å². The Labute approximate surface area is 124 Å². The van der Waals surface area contributed by atoms with Crippen molar-refractivity contribution >= 4 is 18.1 Å². The number of Topliss-reactive ketones (excluding diaryl/α,β-unsaturated/α-hetero) is 1. The van der Waals surface area contributed by atoms with E-state index in [0.717, 1.165) is 36.0 Å². The van der Waals surface area contributed by atoms with Gasteiger partial charge in [0.25, 0.3) is 0 Å². The van der Waals surface area contributed by atoms with Gasteiger partial charge in [-0.25, -0.2) is 4.39 Å². The van der Waals surface area contributed by atoms with Gasteiger partial charge in [-0.1, -0.05) is 12.1 Å². The van der Waals surface area contributed by atoms with Crippen LogP contribution in [0.5, 0.6) is 0 Å². The van der Waals surface area contributed by atoms with Crippen molar-refractivity contribution in [3.8, 4) is 0 Å². The van der Waals surface area contributed by atoms with E-state index in [2.05, 4.69) is 5.10 Å². The zero-order chi connectivity index (χ0) is 15.2. The Balaban J connectivity index is 2.18. The summed E-state index contributed by atoms with van der Waals surface area (Å²) < 4.78 is 12.9. The summed E-state index contributed by atoms with van der Waals surface area (Å²) in [7, 11) is 3.66. The molecule has 1 saturated carbocycles. The van der Waals surface area contributed by atoms with Crippen LogP contribution in [0.15, 0.2) is 46.6 Å². The third-order valence-corrected chi connectivity index (χ3v) is 3.26. The van der Waals surface area contributed by atoms with E-state index in [1.807, 2.05) is 20.2 Å². The number of hydrazone groups is 1. The van der Waals surface area contributed by atoms with Gasteiger partial charge in [0.1, 0.15) is 5.82 Å². The first-order valence-corrected chi connectivity index (χ1v) is 6.97. The van der Waals surface area contributed by atoms with Gasteiger partial charge >= 0.3 is 0 Å². The molecule has 4 heteroatoms. The lowest BCUT2D eigenvalue weighted by Gasteiger charge is -2.16. The summed E-state index contributed by atoms with van der Waals surface area (Å²) in [5.74, 6) is -0.205. The highest BCUT2D eigenvalue weighted by molar-refractivity contribution is 6.13. The van der Waals surface area contributed by atoms with Gasteiger partial charge in [0.05, 0.1) is 0 Å². The van der Waals surface area contributed by atoms with Gasteiger partial charge in [0.15, 0.2) is 5.78 Å². The number of hydrogen-bond acceptors (Lipinski definition) is 3. The van der Waals surface area contributed by atoms with Gasteiger partial charge in [-0.3, -0.25) is 4.79 Å². The van der Waals surface area contributed by atoms with Crippen LogP contribution >= 0.6 is 0 Å². The summed E-state index contributed by atoms with van der Waals surface area (Å²) >= 11 is 0. The van der Waals surface area contributed by atoms with Crippen molar-refractivity contribution in [3.63, 3.8) is 0 Å². The van der Waals surface area contributed by atoms with E-state index in [1.165, 1.54) is 12.1 Å². The molecule has 0 aliphatic heterocycles. The topological polar surface area (TPSA) is 32.7 Å². The largest absolute Gasteiger partial charge is 0.303 e. The molecule has 0 saturated heterocycles. The lowest BCUT2D eigenvalue weighted by atomic mass is 9.87. The quantitative estimate of drug-likeness (QED) is 0.484. The lowest BCUT2D eigenvalue weighted by molar-refractivity contribution is -0.112. The van der Waals surface area contributed by atoms with Crippen LogP contribution in [0.2, 0.25) is 0 Å². The maximum absolute atomic E-state index is 12.9. The van der Waals surface area contributed by atoms with E-state index in [0.29, 0.717) is 0 Å². The van der Waals surface area contributed by atoms with E-state index >= 15 is 0 Å². The van der Waals surface area contributed by atoms with Crippen LogP contribution in [0, 0.1) is 5.82 Å². The fraction of sp³-hybridized carbons (Fsp3) is 0.294. The maximum atomic E-state index is 12.9. The Bertz CT molecular complexity index is 598. The first-order valence-electron chi connectivity index (χ1n) is 6.97. The molecule has 1 fully saturated rings. The molecule has 0 bridgehead atoms. The third kappa shape index (κ3) is 4.38. The standard InChI is InChI=1S/C17H19FN2O/c1-20(2)19-11-10-14-4-3-5-15(17(14)21)12-13-6-8-16(18)9-7-13/h6-12H,3-5H2,1-2H3. The SMILES string of the molecule is CN(C)N=CC=C1CCCC(=Cc2ccc(F)cc2)C1=O. The first kappa shape index (κ1) is 15.2. The van der Waals surface area contributed by atoms with Crippen molar-refractivity contribution in [1.82, 2.24) is 5.01 Å². The summed E-state index contributed by atoms with van der Waals surface area (Å²) in [6.45, 7) is 0. The number of ketones is 1. The highest BCUT2D eigenvalue weighted by atomic mass is 19.1. The van der Waals surface area contributed by atoms with Crippen molar-refractivity contribution in [2.24, 2.45) is 5.10 Å². The summed E-state index contributed by atoms with van der Waals surface area (Å²) in [4.78, 5) is 12.4. The molecule has 110 valence electrons. The molecule has 1 aromatic rings. The lowest BCUT2D eigenvalue weighted by Crippen LogP contribution is -2.12. The van der Waals surface area contributed by atoms with Crippen LogP contribution in [-0.4, -0.2) is 31.1 Å². The number of benzene rings is 1. The summed E-state index contributed by atoms with van der Waals surface area (Å²) in [6.07, 6.45) is 7.75. The Kier molecular flexibility index (Phi) is 5.04. The predicted molar refractivity (Wildman–Crippen MR) is 83.5 cm³/mol. The van der Waals surface area contributed by atoms with Crippen LogP contribution in [0.25, 0.3) is 6.08 Å². The summed E-state index contributed by atoms with van der Waals surface area (Å²) in [5.41, 5.74) is 2.40. The minimum Gasteiger partial charge on any atom is -0.303 e. The van der Waals surface area contributed by atoms with Gasteiger partial charge in [0.2, 0.25) is 0 Å². The molecule has 0 aromatic heterocycles. The van der Waals surface area contributed by atoms with Crippen molar-refractivity contribution < 1.29 is 9.18 Å². The van der Waals surface area contributed by atoms with Gasteiger partial charge in [-0.2, -0.15) is 5.10 Å². The second-order valence-electron chi connectivity index (χ2n) is 5.21. The van der Waals surface area contributed by atoms with E-state index in [9.17, 15) is 9.18 Å². The number of carbonyl (C=O) groups is 1. The molecule has 1 aromatic carbocycles. The molecule has 3 nitrogen and oxygen atoms in total. The Morgan fingerprint density at radius 2 is 1.81 bits per heavy atom. The average Bonchev–Trinajstić information content (AvgIpc) is 2.45. The number of hydrogen-bond donors (Lipinski definition) is 0. The second-order valence-corrected chi connectivity index (χ2v) is 5.21. The normalized spacial score (nSPS) is 19.7. The molecule has 0 radical (unpaired) electrons. The Hall–Kier alpha value is -2.23. The minimum atomic E-state index is -0.271. The van der Waals surface area contributed by atoms with Crippen molar-refractivity contribution in [2.45, 2.75) is 19.3 Å². The third-order valence-electron chi connectivity index (χ3n) is 3.26. The monoisotopic (exact) mass is 286 g/mol. The molecule has 21 heavy (non-hydrogen) atoms. The number of rotatable bonds is 3. The molecular weight excluding hydrogens is 267 g/mol. The highest BCUT2D eigenvalue weighted by Gasteiger charge is 2.19. The number of halogens is 1. The average molecular weight is 286 g/mol. The smallest absolute Gasteiger partial charge is 0.185 e. The molecule has 0 heterocycles. The summed E-state index contributed by atoms with van der Waals surface area (Å²) in [6, 6.07) is 6.17. The fourth-order valence-corrected chi connectivity index (χ4v) is 2.22. The number of nitrogens with zero attached hydrogens (tertiary/aromatic N) is 2.